The zero-order chi connectivity index (χ0) is 26.9. The molecular weight excluding hydrogens is 488 g/mol. The molecule has 36 heavy (non-hydrogen) atoms. The average molecular weight is 509 g/mol. The second kappa shape index (κ2) is 15.9. The van der Waals surface area contributed by atoms with Gasteiger partial charge in [-0.1, -0.05) is 0 Å². The number of esters is 2. The van der Waals surface area contributed by atoms with Crippen molar-refractivity contribution >= 4 is 17.9 Å². The molecule has 12 nitrogen and oxygen atoms in total. The zero-order valence-corrected chi connectivity index (χ0v) is 19.0. The fourth-order valence-electron chi connectivity index (χ4n) is 2.02. The summed E-state index contributed by atoms with van der Waals surface area (Å²) in [4.78, 5) is 42.8. The highest BCUT2D eigenvalue weighted by Crippen LogP contribution is 2.10. The molecule has 3 aromatic heterocycles. The van der Waals surface area contributed by atoms with E-state index in [2.05, 4.69) is 33.9 Å². The summed E-state index contributed by atoms with van der Waals surface area (Å²) in [5.74, 6) is -1.66. The number of aromatic carboxylic acids is 1. The first-order chi connectivity index (χ1) is 17.2. The molecule has 0 amide bonds. The van der Waals surface area contributed by atoms with Gasteiger partial charge in [-0.15, -0.1) is 0 Å². The monoisotopic (exact) mass is 509 g/mol. The maximum atomic E-state index is 11.7. The normalized spacial score (nSPS) is 9.33. The highest BCUT2D eigenvalue weighted by molar-refractivity contribution is 5.87. The van der Waals surface area contributed by atoms with Crippen molar-refractivity contribution in [2.24, 2.45) is 0 Å². The lowest BCUT2D eigenvalue weighted by molar-refractivity contribution is 0.0585. The smallest absolute Gasteiger partial charge is 0.356 e. The zero-order valence-electron chi connectivity index (χ0n) is 19.0. The molecule has 0 bridgehead atoms. The minimum Gasteiger partial charge on any atom is -0.506 e. The van der Waals surface area contributed by atoms with E-state index in [9.17, 15) is 23.2 Å². The van der Waals surface area contributed by atoms with Crippen molar-refractivity contribution in [3.05, 3.63) is 72.1 Å². The molecule has 3 aromatic rings. The largest absolute Gasteiger partial charge is 0.506 e. The predicted octanol–water partition coefficient (Wildman–Crippen LogP) is 2.83. The number of aromatic hydroxyl groups is 1. The molecule has 0 saturated carbocycles. The number of nitrogens with zero attached hydrogens (tertiary/aromatic N) is 3. The molecule has 3 heterocycles. The Hall–Kier alpha value is -4.88. The van der Waals surface area contributed by atoms with Gasteiger partial charge in [0.15, 0.2) is 0 Å². The highest BCUT2D eigenvalue weighted by Gasteiger charge is 2.06. The van der Waals surface area contributed by atoms with Gasteiger partial charge >= 0.3 is 17.9 Å². The summed E-state index contributed by atoms with van der Waals surface area (Å²) in [6.45, 7) is -1.87. The Morgan fingerprint density at radius 3 is 1.44 bits per heavy atom. The minimum atomic E-state index is -1.12. The Morgan fingerprint density at radius 2 is 1.14 bits per heavy atom. The molecule has 0 radical (unpaired) electrons. The molecule has 192 valence electrons. The van der Waals surface area contributed by atoms with Gasteiger partial charge in [-0.3, -0.25) is 0 Å². The predicted molar refractivity (Wildman–Crippen MR) is 117 cm³/mol. The third-order valence-corrected chi connectivity index (χ3v) is 3.67. The summed E-state index contributed by atoms with van der Waals surface area (Å²) in [6, 6.07) is 8.19. The van der Waals surface area contributed by atoms with Gasteiger partial charge in [0.25, 0.3) is 0 Å². The van der Waals surface area contributed by atoms with Crippen LogP contribution < -0.4 is 9.47 Å². The summed E-state index contributed by atoms with van der Waals surface area (Å²) in [5.41, 5.74) is 0.250. The number of hydrogen-bond donors (Lipinski definition) is 2. The minimum absolute atomic E-state index is 0.0256. The fraction of sp³-hybridized carbons (Fsp3) is 0.182. The van der Waals surface area contributed by atoms with Crippen LogP contribution in [-0.4, -0.2) is 71.0 Å². The van der Waals surface area contributed by atoms with E-state index in [1.54, 1.807) is 0 Å². The molecule has 0 unspecified atom stereocenters. The van der Waals surface area contributed by atoms with Gasteiger partial charge in [-0.05, 0) is 36.4 Å². The van der Waals surface area contributed by atoms with Crippen LogP contribution in [0.25, 0.3) is 0 Å². The van der Waals surface area contributed by atoms with E-state index >= 15 is 0 Å². The van der Waals surface area contributed by atoms with E-state index in [1.165, 1.54) is 63.0 Å². The Balaban J connectivity index is 0.000000271. The molecule has 3 rings (SSSR count). The number of carbonyl (C=O) groups excluding carboxylic acids is 2. The van der Waals surface area contributed by atoms with E-state index in [1.807, 2.05) is 0 Å². The number of aromatic nitrogens is 3. The Bertz CT molecular complexity index is 1100. The van der Waals surface area contributed by atoms with Crippen LogP contribution in [0.5, 0.6) is 17.2 Å². The summed E-state index contributed by atoms with van der Waals surface area (Å²) in [7, 11) is 2.53. The lowest BCUT2D eigenvalue weighted by atomic mass is 10.3. The summed E-state index contributed by atoms with van der Waals surface area (Å²) in [5, 5.41) is 17.2. The van der Waals surface area contributed by atoms with Gasteiger partial charge in [-0.2, -0.15) is 0 Å². The van der Waals surface area contributed by atoms with Gasteiger partial charge in [0.2, 0.25) is 13.7 Å². The van der Waals surface area contributed by atoms with Crippen molar-refractivity contribution in [1.82, 2.24) is 15.0 Å². The molecule has 0 aliphatic carbocycles. The van der Waals surface area contributed by atoms with Crippen LogP contribution >= 0.6 is 0 Å². The number of halogens is 2. The number of methoxy groups -OCH3 is 2. The summed E-state index contributed by atoms with van der Waals surface area (Å²) >= 11 is 0. The van der Waals surface area contributed by atoms with Crippen molar-refractivity contribution in [2.45, 2.75) is 0 Å². The Labute approximate surface area is 203 Å². The van der Waals surface area contributed by atoms with Crippen LogP contribution in [0.1, 0.15) is 31.5 Å². The number of hydrogen-bond acceptors (Lipinski definition) is 11. The third kappa shape index (κ3) is 10.4. The van der Waals surface area contributed by atoms with E-state index < -0.39 is 31.6 Å². The fourth-order valence-corrected chi connectivity index (χ4v) is 2.02. The molecule has 2 N–H and O–H groups in total. The topological polar surface area (TPSA) is 167 Å². The van der Waals surface area contributed by atoms with Gasteiger partial charge in [0.1, 0.15) is 34.3 Å². The number of ether oxygens (including phenoxy) is 4. The lowest BCUT2D eigenvalue weighted by Gasteiger charge is -2.00. The molecule has 0 fully saturated rings. The second-order valence-corrected chi connectivity index (χ2v) is 5.96. The number of carboxylic acid groups (broad SMARTS) is 1. The molecular formula is C22H21F2N3O9. The first-order valence-electron chi connectivity index (χ1n) is 9.60. The first kappa shape index (κ1) is 29.2. The second-order valence-electron chi connectivity index (χ2n) is 5.96. The van der Waals surface area contributed by atoms with Gasteiger partial charge in [0, 0.05) is 0 Å². The number of rotatable bonds is 7. The molecule has 0 aromatic carbocycles. The Kier molecular flexibility index (Phi) is 12.8. The van der Waals surface area contributed by atoms with Crippen molar-refractivity contribution in [1.29, 1.82) is 0 Å². The number of carboxylic acids is 1. The summed E-state index contributed by atoms with van der Waals surface area (Å²) < 4.78 is 41.0. The molecule has 0 aliphatic rings. The van der Waals surface area contributed by atoms with E-state index in [-0.39, 0.29) is 34.3 Å². The molecule has 0 atom stereocenters. The Morgan fingerprint density at radius 1 is 0.722 bits per heavy atom. The molecule has 0 saturated heterocycles. The van der Waals surface area contributed by atoms with Gasteiger partial charge < -0.3 is 29.2 Å². The standard InChI is InChI=1S/C8H8FNO3.C7H6FNO3.C7H7NO3/c1-12-8(11)7-3-2-6(4-10-7)13-5-9;8-4-12-5-1-2-6(7(10)11)9-3-5;1-11-7(10)6-3-2-5(9)4-8-6/h2-4H,5H2,1H3;1-3H,4H2,(H,10,11);2-4,9H,1H3. The maximum absolute atomic E-state index is 11.7. The third-order valence-electron chi connectivity index (χ3n) is 3.67. The number of pyridine rings is 3. The molecule has 0 aliphatic heterocycles. The summed E-state index contributed by atoms with van der Waals surface area (Å²) in [6.07, 6.45) is 3.60. The van der Waals surface area contributed by atoms with E-state index in [4.69, 9.17) is 10.2 Å². The van der Waals surface area contributed by atoms with Crippen molar-refractivity contribution in [2.75, 3.05) is 27.9 Å². The molecule has 0 spiro atoms. The quantitative estimate of drug-likeness (QED) is 0.448. The SMILES string of the molecule is COC(=O)c1ccc(O)cn1.COC(=O)c1ccc(OCF)cn1.O=C(O)c1ccc(OCF)cn1. The first-order valence-corrected chi connectivity index (χ1v) is 9.60. The van der Waals surface area contributed by atoms with Crippen molar-refractivity contribution < 1.29 is 52.3 Å². The van der Waals surface area contributed by atoms with Gasteiger partial charge in [0.05, 0.1) is 32.8 Å². The van der Waals surface area contributed by atoms with Crippen LogP contribution in [0.2, 0.25) is 0 Å². The lowest BCUT2D eigenvalue weighted by Crippen LogP contribution is -2.03. The van der Waals surface area contributed by atoms with Crippen molar-refractivity contribution in [3.8, 4) is 17.2 Å². The number of alkyl halides is 2. The molecule has 14 heteroatoms. The number of carbonyl (C=O) groups is 3. The maximum Gasteiger partial charge on any atom is 0.356 e. The van der Waals surface area contributed by atoms with E-state index in [0.717, 1.165) is 6.20 Å². The van der Waals surface area contributed by atoms with E-state index in [0.29, 0.717) is 0 Å². The van der Waals surface area contributed by atoms with Crippen LogP contribution in [-0.2, 0) is 9.47 Å². The van der Waals surface area contributed by atoms with Crippen molar-refractivity contribution in [3.63, 3.8) is 0 Å². The highest BCUT2D eigenvalue weighted by atomic mass is 19.1. The van der Waals surface area contributed by atoms with Crippen LogP contribution in [0.15, 0.2) is 55.0 Å². The van der Waals surface area contributed by atoms with Crippen LogP contribution in [0, 0.1) is 0 Å². The average Bonchev–Trinajstić information content (AvgIpc) is 2.90. The van der Waals surface area contributed by atoms with Gasteiger partial charge in [-0.25, -0.2) is 38.1 Å². The van der Waals surface area contributed by atoms with Crippen LogP contribution in [0.4, 0.5) is 8.78 Å². The van der Waals surface area contributed by atoms with Crippen LogP contribution in [0.3, 0.4) is 0 Å².